The van der Waals surface area contributed by atoms with Crippen LogP contribution in [0, 0.1) is 5.82 Å². The second-order valence-corrected chi connectivity index (χ2v) is 7.23. The molecule has 3 aliphatic rings. The molecule has 0 spiro atoms. The van der Waals surface area contributed by atoms with E-state index in [2.05, 4.69) is 29.6 Å². The Labute approximate surface area is 161 Å². The van der Waals surface area contributed by atoms with E-state index in [0.29, 0.717) is 5.52 Å². The number of carboxylic acids is 1. The molecule has 2 aromatic rings. The van der Waals surface area contributed by atoms with Gasteiger partial charge in [0, 0.05) is 23.5 Å². The van der Waals surface area contributed by atoms with Gasteiger partial charge < -0.3 is 15.0 Å². The molecule has 3 aliphatic carbocycles. The summed E-state index contributed by atoms with van der Waals surface area (Å²) in [4.78, 5) is 22.6. The van der Waals surface area contributed by atoms with Gasteiger partial charge in [-0.15, -0.1) is 0 Å². The maximum absolute atomic E-state index is 13.6. The summed E-state index contributed by atoms with van der Waals surface area (Å²) in [7, 11) is 0. The Kier molecular flexibility index (Phi) is 4.63. The van der Waals surface area contributed by atoms with Crippen molar-refractivity contribution in [3.8, 4) is 11.1 Å². The Balaban J connectivity index is 0.000000268. The lowest BCUT2D eigenvalue weighted by molar-refractivity contribution is -0.137. The van der Waals surface area contributed by atoms with Gasteiger partial charge >= 0.3 is 5.97 Å². The smallest absolute Gasteiger partial charge is 0.323 e. The average Bonchev–Trinajstić information content (AvgIpc) is 3.11. The number of aliphatic carboxylic acids is 1. The van der Waals surface area contributed by atoms with Gasteiger partial charge in [0.1, 0.15) is 12.4 Å². The highest BCUT2D eigenvalue weighted by atomic mass is 19.1. The van der Waals surface area contributed by atoms with E-state index in [4.69, 9.17) is 0 Å². The number of nitrogens with zero attached hydrogens (tertiary/aromatic N) is 1. The molecule has 2 N–H and O–H groups in total. The van der Waals surface area contributed by atoms with Crippen LogP contribution in [0.4, 0.5) is 4.39 Å². The number of fused-ring (bicyclic) bond motifs is 4. The normalized spacial score (nSPS) is 16.0. The van der Waals surface area contributed by atoms with Crippen molar-refractivity contribution in [2.45, 2.75) is 38.8 Å². The van der Waals surface area contributed by atoms with Gasteiger partial charge in [0.25, 0.3) is 0 Å². The molecule has 1 aromatic heterocycles. The largest absolute Gasteiger partial charge is 0.480 e. The van der Waals surface area contributed by atoms with E-state index in [0.717, 1.165) is 35.9 Å². The van der Waals surface area contributed by atoms with Gasteiger partial charge in [0.2, 0.25) is 5.91 Å². The molecule has 1 atom stereocenters. The van der Waals surface area contributed by atoms with Crippen LogP contribution in [0.1, 0.15) is 37.1 Å². The van der Waals surface area contributed by atoms with Gasteiger partial charge in [0.05, 0.1) is 6.04 Å². The maximum atomic E-state index is 13.6. The van der Waals surface area contributed by atoms with Crippen LogP contribution in [-0.2, 0) is 22.6 Å². The molecule has 28 heavy (non-hydrogen) atoms. The molecule has 6 heteroatoms. The van der Waals surface area contributed by atoms with Crippen molar-refractivity contribution in [3.05, 3.63) is 59.5 Å². The number of aryl methyl sites for hydroxylation is 1. The highest BCUT2D eigenvalue weighted by Gasteiger charge is 2.29. The van der Waals surface area contributed by atoms with Gasteiger partial charge in [-0.25, -0.2) is 4.39 Å². The lowest BCUT2D eigenvalue weighted by atomic mass is 9.91. The van der Waals surface area contributed by atoms with E-state index >= 15 is 0 Å². The average molecular weight is 380 g/mol. The SMILES string of the molecule is CC(=O)NC1CCCc2c1n(CC(=O)O)c1ccc(F)cc21.c1cc2cc-2c1. The van der Waals surface area contributed by atoms with Crippen molar-refractivity contribution >= 4 is 22.8 Å². The van der Waals surface area contributed by atoms with Crippen molar-refractivity contribution in [1.29, 1.82) is 0 Å². The Morgan fingerprint density at radius 3 is 2.54 bits per heavy atom. The minimum absolute atomic E-state index is 0.156. The van der Waals surface area contributed by atoms with Gasteiger partial charge in [-0.3, -0.25) is 9.59 Å². The fourth-order valence-electron chi connectivity index (χ4n) is 4.06. The number of amides is 1. The zero-order valence-electron chi connectivity index (χ0n) is 15.5. The molecule has 1 unspecified atom stereocenters. The van der Waals surface area contributed by atoms with Crippen LogP contribution in [0.25, 0.3) is 22.0 Å². The lowest BCUT2D eigenvalue weighted by Crippen LogP contribution is -2.31. The molecule has 144 valence electrons. The Bertz CT molecular complexity index is 1070. The van der Waals surface area contributed by atoms with Crippen molar-refractivity contribution < 1.29 is 19.1 Å². The molecule has 0 saturated carbocycles. The van der Waals surface area contributed by atoms with E-state index in [1.54, 1.807) is 10.6 Å². The summed E-state index contributed by atoms with van der Waals surface area (Å²) in [6.07, 6.45) is 2.39. The number of carbonyl (C=O) groups excluding carboxylic acids is 1. The first-order chi connectivity index (χ1) is 13.4. The van der Waals surface area contributed by atoms with Crippen LogP contribution in [-0.4, -0.2) is 21.6 Å². The van der Waals surface area contributed by atoms with E-state index in [1.165, 1.54) is 30.2 Å². The van der Waals surface area contributed by atoms with Crippen molar-refractivity contribution in [3.63, 3.8) is 0 Å². The van der Waals surface area contributed by atoms with E-state index < -0.39 is 5.97 Å². The monoisotopic (exact) mass is 380 g/mol. The highest BCUT2D eigenvalue weighted by molar-refractivity contribution is 5.88. The number of halogens is 1. The summed E-state index contributed by atoms with van der Waals surface area (Å²) >= 11 is 0. The maximum Gasteiger partial charge on any atom is 0.323 e. The number of rotatable bonds is 3. The Hall–Kier alpha value is -3.15. The van der Waals surface area contributed by atoms with E-state index in [-0.39, 0.29) is 24.3 Å². The van der Waals surface area contributed by atoms with Crippen LogP contribution in [0.15, 0.2) is 42.5 Å². The van der Waals surface area contributed by atoms with E-state index in [1.807, 2.05) is 0 Å². The molecule has 1 heterocycles. The van der Waals surface area contributed by atoms with Crippen LogP contribution >= 0.6 is 0 Å². The second-order valence-electron chi connectivity index (χ2n) is 7.23. The topological polar surface area (TPSA) is 71.3 Å². The summed E-state index contributed by atoms with van der Waals surface area (Å²) in [5.41, 5.74) is 5.29. The third kappa shape index (κ3) is 3.50. The molecule has 1 aromatic carbocycles. The van der Waals surface area contributed by atoms with Crippen LogP contribution < -0.4 is 5.32 Å². The first-order valence-corrected chi connectivity index (χ1v) is 9.34. The zero-order valence-corrected chi connectivity index (χ0v) is 15.5. The summed E-state index contributed by atoms with van der Waals surface area (Å²) in [5, 5.41) is 12.8. The number of carbonyl (C=O) groups is 2. The molecule has 0 bridgehead atoms. The summed E-state index contributed by atoms with van der Waals surface area (Å²) in [6.45, 7) is 1.24. The summed E-state index contributed by atoms with van der Waals surface area (Å²) < 4.78 is 15.3. The second kappa shape index (κ2) is 7.11. The predicted molar refractivity (Wildman–Crippen MR) is 104 cm³/mol. The molecule has 1 amide bonds. The molecule has 5 rings (SSSR count). The summed E-state index contributed by atoms with van der Waals surface area (Å²) in [5.74, 6) is -1.46. The third-order valence-corrected chi connectivity index (χ3v) is 5.21. The molecular formula is C22H21FN2O3. The van der Waals surface area contributed by atoms with Gasteiger partial charge in [-0.1, -0.05) is 18.2 Å². The number of hydrogen-bond acceptors (Lipinski definition) is 2. The van der Waals surface area contributed by atoms with Gasteiger partial charge in [-0.05, 0) is 60.2 Å². The van der Waals surface area contributed by atoms with Crippen LogP contribution in [0.3, 0.4) is 0 Å². The van der Waals surface area contributed by atoms with Crippen LogP contribution in [0.5, 0.6) is 0 Å². The first kappa shape index (κ1) is 18.2. The minimum atomic E-state index is -0.962. The van der Waals surface area contributed by atoms with Crippen molar-refractivity contribution in [2.75, 3.05) is 0 Å². The predicted octanol–water partition coefficient (Wildman–Crippen LogP) is 4.05. The number of aromatic nitrogens is 1. The molecular weight excluding hydrogens is 359 g/mol. The number of hydrogen-bond donors (Lipinski definition) is 2. The fraction of sp³-hybridized carbons (Fsp3) is 0.273. The number of benzene rings is 2. The number of carboxylic acid groups (broad SMARTS) is 1. The first-order valence-electron chi connectivity index (χ1n) is 9.34. The fourth-order valence-corrected chi connectivity index (χ4v) is 4.06. The number of nitrogens with one attached hydrogen (secondary N) is 1. The van der Waals surface area contributed by atoms with Crippen LogP contribution in [0.2, 0.25) is 0 Å². The van der Waals surface area contributed by atoms with Crippen molar-refractivity contribution in [1.82, 2.24) is 9.88 Å². The quantitative estimate of drug-likeness (QED) is 0.563. The summed E-state index contributed by atoms with van der Waals surface area (Å²) in [6, 6.07) is 12.6. The minimum Gasteiger partial charge on any atom is -0.480 e. The van der Waals surface area contributed by atoms with Gasteiger partial charge in [-0.2, -0.15) is 0 Å². The lowest BCUT2D eigenvalue weighted by Gasteiger charge is -2.25. The van der Waals surface area contributed by atoms with Gasteiger partial charge in [0.15, 0.2) is 0 Å². The molecule has 0 aliphatic heterocycles. The molecule has 0 radical (unpaired) electrons. The van der Waals surface area contributed by atoms with Crippen molar-refractivity contribution in [2.24, 2.45) is 0 Å². The van der Waals surface area contributed by atoms with E-state index in [9.17, 15) is 19.1 Å². The standard InChI is InChI=1S/C16H17FN2O3.C6H4/c1-9(20)18-13-4-2-3-11-12-7-10(17)5-6-14(12)19(16(11)13)8-15(21)22;1-2-5-4-6(5)3-1/h5-7,13H,2-4,8H2,1H3,(H,18,20)(H,21,22);1-4H. The Morgan fingerprint density at radius 1 is 1.21 bits per heavy atom. The molecule has 0 saturated heterocycles. The Morgan fingerprint density at radius 2 is 1.96 bits per heavy atom. The highest BCUT2D eigenvalue weighted by Crippen LogP contribution is 2.37. The third-order valence-electron chi connectivity index (χ3n) is 5.21. The zero-order chi connectivity index (χ0) is 19.8. The molecule has 0 fully saturated rings. The molecule has 5 nitrogen and oxygen atoms in total.